The van der Waals surface area contributed by atoms with Crippen LogP contribution in [0.15, 0.2) is 57.7 Å². The molecule has 1 N–H and O–H groups in total. The second-order valence-corrected chi connectivity index (χ2v) is 7.27. The Labute approximate surface area is 153 Å². The number of benzene rings is 2. The first-order valence-corrected chi connectivity index (χ1v) is 9.28. The summed E-state index contributed by atoms with van der Waals surface area (Å²) in [7, 11) is 0. The van der Waals surface area contributed by atoms with Crippen molar-refractivity contribution in [2.24, 2.45) is 0 Å². The molecule has 0 aliphatic carbocycles. The van der Waals surface area contributed by atoms with Crippen LogP contribution in [0.1, 0.15) is 16.7 Å². The topological polar surface area (TPSA) is 37.9 Å². The van der Waals surface area contributed by atoms with Crippen LogP contribution in [-0.2, 0) is 6.54 Å². The molecule has 0 amide bonds. The van der Waals surface area contributed by atoms with Crippen molar-refractivity contribution < 1.29 is 9.32 Å². The third-order valence-corrected chi connectivity index (χ3v) is 5.48. The summed E-state index contributed by atoms with van der Waals surface area (Å²) in [6.07, 6.45) is 0. The molecular formula is C22H25N2O2+. The minimum Gasteiger partial charge on any atom is -0.423 e. The van der Waals surface area contributed by atoms with Crippen molar-refractivity contribution in [2.45, 2.75) is 20.4 Å². The van der Waals surface area contributed by atoms with E-state index in [9.17, 15) is 4.79 Å². The molecule has 0 radical (unpaired) electrons. The molecule has 1 saturated heterocycles. The van der Waals surface area contributed by atoms with Crippen LogP contribution in [0.5, 0.6) is 0 Å². The highest BCUT2D eigenvalue weighted by Crippen LogP contribution is 2.21. The van der Waals surface area contributed by atoms with Crippen LogP contribution in [0, 0.1) is 13.8 Å². The second-order valence-electron chi connectivity index (χ2n) is 7.27. The van der Waals surface area contributed by atoms with Gasteiger partial charge in [0.2, 0.25) is 0 Å². The quantitative estimate of drug-likeness (QED) is 0.738. The van der Waals surface area contributed by atoms with E-state index in [4.69, 9.17) is 4.42 Å². The third-order valence-electron chi connectivity index (χ3n) is 5.48. The summed E-state index contributed by atoms with van der Waals surface area (Å²) in [5.41, 5.74) is 5.24. The number of piperazine rings is 1. The minimum absolute atomic E-state index is 0.252. The summed E-state index contributed by atoms with van der Waals surface area (Å²) in [4.78, 5) is 16.0. The van der Waals surface area contributed by atoms with Gasteiger partial charge < -0.3 is 14.2 Å². The van der Waals surface area contributed by atoms with Crippen molar-refractivity contribution in [2.75, 3.05) is 31.1 Å². The van der Waals surface area contributed by atoms with Gasteiger partial charge in [0.05, 0.1) is 26.2 Å². The molecule has 26 heavy (non-hydrogen) atoms. The van der Waals surface area contributed by atoms with E-state index in [1.807, 2.05) is 6.07 Å². The summed E-state index contributed by atoms with van der Waals surface area (Å²) in [6.45, 7) is 9.24. The highest BCUT2D eigenvalue weighted by Gasteiger charge is 2.21. The van der Waals surface area contributed by atoms with Crippen LogP contribution in [0.3, 0.4) is 0 Å². The number of nitrogens with zero attached hydrogens (tertiary/aromatic N) is 1. The monoisotopic (exact) mass is 349 g/mol. The predicted octanol–water partition coefficient (Wildman–Crippen LogP) is 2.31. The van der Waals surface area contributed by atoms with Crippen molar-refractivity contribution in [3.8, 4) is 0 Å². The molecular weight excluding hydrogens is 324 g/mol. The summed E-state index contributed by atoms with van der Waals surface area (Å²) >= 11 is 0. The largest absolute Gasteiger partial charge is 0.423 e. The van der Waals surface area contributed by atoms with Gasteiger partial charge in [0, 0.05) is 22.7 Å². The molecule has 4 nitrogen and oxygen atoms in total. The molecule has 134 valence electrons. The predicted molar refractivity (Wildman–Crippen MR) is 105 cm³/mol. The Morgan fingerprint density at radius 1 is 1.00 bits per heavy atom. The number of fused-ring (bicyclic) bond motifs is 1. The number of hydrogen-bond donors (Lipinski definition) is 1. The second kappa shape index (κ2) is 6.96. The van der Waals surface area contributed by atoms with Crippen molar-refractivity contribution in [1.82, 2.24) is 0 Å². The zero-order valence-electron chi connectivity index (χ0n) is 15.4. The Morgan fingerprint density at radius 2 is 1.69 bits per heavy atom. The first kappa shape index (κ1) is 16.9. The highest BCUT2D eigenvalue weighted by atomic mass is 16.4. The van der Waals surface area contributed by atoms with Crippen LogP contribution in [0.25, 0.3) is 11.0 Å². The van der Waals surface area contributed by atoms with Gasteiger partial charge in [-0.2, -0.15) is 0 Å². The molecule has 3 aromatic rings. The molecule has 2 aromatic carbocycles. The van der Waals surface area contributed by atoms with E-state index in [-0.39, 0.29) is 5.63 Å². The molecule has 0 bridgehead atoms. The summed E-state index contributed by atoms with van der Waals surface area (Å²) < 4.78 is 5.43. The van der Waals surface area contributed by atoms with Crippen LogP contribution in [0.4, 0.5) is 5.69 Å². The lowest BCUT2D eigenvalue weighted by Gasteiger charge is -2.33. The fourth-order valence-electron chi connectivity index (χ4n) is 3.80. The molecule has 2 heterocycles. The van der Waals surface area contributed by atoms with Gasteiger partial charge in [-0.3, -0.25) is 0 Å². The van der Waals surface area contributed by atoms with Crippen molar-refractivity contribution in [1.29, 1.82) is 0 Å². The maximum Gasteiger partial charge on any atom is 0.336 e. The summed E-state index contributed by atoms with van der Waals surface area (Å²) in [6, 6.07) is 16.4. The molecule has 4 heteroatoms. The van der Waals surface area contributed by atoms with Gasteiger partial charge in [0.1, 0.15) is 12.1 Å². The SMILES string of the molecule is Cc1cc2oc(=O)cc(C[NH+]3CCN(c4ccccc4)CC3)c2cc1C. The average molecular weight is 349 g/mol. The Hall–Kier alpha value is -2.59. The first-order chi connectivity index (χ1) is 12.6. The Kier molecular flexibility index (Phi) is 4.51. The molecule has 0 spiro atoms. The smallest absolute Gasteiger partial charge is 0.336 e. The van der Waals surface area contributed by atoms with Crippen LogP contribution in [-0.4, -0.2) is 26.2 Å². The van der Waals surface area contributed by atoms with Gasteiger partial charge in [-0.25, -0.2) is 4.79 Å². The van der Waals surface area contributed by atoms with E-state index >= 15 is 0 Å². The molecule has 0 atom stereocenters. The maximum absolute atomic E-state index is 12.0. The van der Waals surface area contributed by atoms with Gasteiger partial charge in [0.15, 0.2) is 0 Å². The Balaban J connectivity index is 1.53. The summed E-state index contributed by atoms with van der Waals surface area (Å²) in [5, 5.41) is 1.07. The lowest BCUT2D eigenvalue weighted by atomic mass is 10.0. The Morgan fingerprint density at radius 3 is 2.42 bits per heavy atom. The molecule has 4 rings (SSSR count). The van der Waals surface area contributed by atoms with Gasteiger partial charge in [-0.1, -0.05) is 18.2 Å². The number of rotatable bonds is 3. The van der Waals surface area contributed by atoms with E-state index in [1.54, 1.807) is 6.07 Å². The van der Waals surface area contributed by atoms with E-state index in [2.05, 4.69) is 55.1 Å². The zero-order valence-corrected chi connectivity index (χ0v) is 15.4. The van der Waals surface area contributed by atoms with Crippen LogP contribution < -0.4 is 15.4 Å². The number of quaternary nitrogens is 1. The Bertz CT molecular complexity index is 971. The first-order valence-electron chi connectivity index (χ1n) is 9.28. The van der Waals surface area contributed by atoms with Gasteiger partial charge in [0.25, 0.3) is 0 Å². The molecule has 1 aromatic heterocycles. The highest BCUT2D eigenvalue weighted by molar-refractivity contribution is 5.81. The van der Waals surface area contributed by atoms with Crippen molar-refractivity contribution in [3.05, 3.63) is 75.6 Å². The van der Waals surface area contributed by atoms with Gasteiger partial charge in [-0.05, 0) is 49.2 Å². The standard InChI is InChI=1S/C22H24N2O2/c1-16-12-20-18(14-22(25)26-21(20)13-17(16)2)15-23-8-10-24(11-9-23)19-6-4-3-5-7-19/h3-7,12-14H,8-11,15H2,1-2H3/p+1. The van der Waals surface area contributed by atoms with E-state index < -0.39 is 0 Å². The summed E-state index contributed by atoms with van der Waals surface area (Å²) in [5.74, 6) is 0. The van der Waals surface area contributed by atoms with Crippen LogP contribution in [0.2, 0.25) is 0 Å². The number of para-hydroxylation sites is 1. The van der Waals surface area contributed by atoms with E-state index in [0.717, 1.165) is 49.2 Å². The minimum atomic E-state index is -0.252. The van der Waals surface area contributed by atoms with E-state index in [1.165, 1.54) is 16.2 Å². The molecule has 0 unspecified atom stereocenters. The number of nitrogens with one attached hydrogen (secondary N) is 1. The number of aryl methyl sites for hydroxylation is 2. The van der Waals surface area contributed by atoms with Crippen LogP contribution >= 0.6 is 0 Å². The fraction of sp³-hybridized carbons (Fsp3) is 0.318. The fourth-order valence-corrected chi connectivity index (χ4v) is 3.80. The average Bonchev–Trinajstić information content (AvgIpc) is 2.65. The normalized spacial score (nSPS) is 15.5. The van der Waals surface area contributed by atoms with E-state index in [0.29, 0.717) is 5.58 Å². The maximum atomic E-state index is 12.0. The molecule has 0 saturated carbocycles. The number of anilines is 1. The molecule has 1 fully saturated rings. The molecule has 1 aliphatic heterocycles. The molecule has 1 aliphatic rings. The number of hydrogen-bond acceptors (Lipinski definition) is 3. The van der Waals surface area contributed by atoms with Crippen molar-refractivity contribution in [3.63, 3.8) is 0 Å². The lowest BCUT2D eigenvalue weighted by Crippen LogP contribution is -3.13. The third kappa shape index (κ3) is 3.37. The van der Waals surface area contributed by atoms with Crippen molar-refractivity contribution >= 4 is 16.7 Å². The van der Waals surface area contributed by atoms with Gasteiger partial charge in [-0.15, -0.1) is 0 Å². The lowest BCUT2D eigenvalue weighted by molar-refractivity contribution is -0.914. The zero-order chi connectivity index (χ0) is 18.1. The van der Waals surface area contributed by atoms with Gasteiger partial charge >= 0.3 is 5.63 Å².